The van der Waals surface area contributed by atoms with Crippen LogP contribution in [0.15, 0.2) is 30.3 Å². The van der Waals surface area contributed by atoms with E-state index in [4.69, 9.17) is 0 Å². The molecule has 3 rings (SSSR count). The summed E-state index contributed by atoms with van der Waals surface area (Å²) in [6.45, 7) is 4.59. The zero-order chi connectivity index (χ0) is 15.0. The molecule has 1 aromatic carbocycles. The van der Waals surface area contributed by atoms with E-state index in [-0.39, 0.29) is 5.78 Å². The van der Waals surface area contributed by atoms with E-state index < -0.39 is 5.41 Å². The summed E-state index contributed by atoms with van der Waals surface area (Å²) >= 11 is 0. The number of Topliss-reactive ketones (excluding diaryl/α,β-unsaturated/α-hetero) is 1. The van der Waals surface area contributed by atoms with Crippen LogP contribution >= 0.6 is 0 Å². The SMILES string of the molecule is Cc1nn(Cc2ccccc2)c(C)c1C1(C#N)CC(=O)C1. The average Bonchev–Trinajstić information content (AvgIpc) is 2.72. The number of nitrogens with zero attached hydrogens (tertiary/aromatic N) is 3. The summed E-state index contributed by atoms with van der Waals surface area (Å²) in [6.07, 6.45) is 0.643. The molecule has 0 spiro atoms. The molecule has 0 saturated heterocycles. The Kier molecular flexibility index (Phi) is 3.13. The van der Waals surface area contributed by atoms with E-state index in [0.29, 0.717) is 19.4 Å². The van der Waals surface area contributed by atoms with Crippen molar-refractivity contribution in [3.63, 3.8) is 0 Å². The summed E-state index contributed by atoms with van der Waals surface area (Å²) < 4.78 is 1.93. The minimum absolute atomic E-state index is 0.158. The number of carbonyl (C=O) groups is 1. The quantitative estimate of drug-likeness (QED) is 0.868. The molecule has 1 heterocycles. The maximum Gasteiger partial charge on any atom is 0.136 e. The van der Waals surface area contributed by atoms with Crippen molar-refractivity contribution < 1.29 is 4.79 Å². The van der Waals surface area contributed by atoms with Crippen molar-refractivity contribution >= 4 is 5.78 Å². The number of ketones is 1. The Morgan fingerprint density at radius 3 is 2.52 bits per heavy atom. The second kappa shape index (κ2) is 4.85. The lowest BCUT2D eigenvalue weighted by Crippen LogP contribution is -2.41. The number of hydrogen-bond acceptors (Lipinski definition) is 3. The van der Waals surface area contributed by atoms with Crippen LogP contribution in [0.4, 0.5) is 0 Å². The summed E-state index contributed by atoms with van der Waals surface area (Å²) in [7, 11) is 0. The van der Waals surface area contributed by atoms with Crippen LogP contribution in [0.5, 0.6) is 0 Å². The van der Waals surface area contributed by atoms with Gasteiger partial charge in [-0.2, -0.15) is 10.4 Å². The minimum Gasteiger partial charge on any atom is -0.300 e. The Balaban J connectivity index is 1.98. The third-order valence-corrected chi connectivity index (χ3v) is 4.25. The Morgan fingerprint density at radius 2 is 1.95 bits per heavy atom. The lowest BCUT2D eigenvalue weighted by atomic mass is 9.64. The number of rotatable bonds is 3. The van der Waals surface area contributed by atoms with Crippen LogP contribution in [0.3, 0.4) is 0 Å². The van der Waals surface area contributed by atoms with Crippen LogP contribution < -0.4 is 0 Å². The van der Waals surface area contributed by atoms with Crippen LogP contribution in [0.25, 0.3) is 0 Å². The van der Waals surface area contributed by atoms with E-state index >= 15 is 0 Å². The molecule has 1 aromatic heterocycles. The smallest absolute Gasteiger partial charge is 0.136 e. The minimum atomic E-state index is -0.653. The van der Waals surface area contributed by atoms with Crippen molar-refractivity contribution in [3.8, 4) is 6.07 Å². The fraction of sp³-hybridized carbons (Fsp3) is 0.353. The molecule has 0 N–H and O–H groups in total. The predicted molar refractivity (Wildman–Crippen MR) is 78.8 cm³/mol. The van der Waals surface area contributed by atoms with Crippen LogP contribution in [0.2, 0.25) is 0 Å². The van der Waals surface area contributed by atoms with Gasteiger partial charge < -0.3 is 0 Å². The first kappa shape index (κ1) is 13.6. The van der Waals surface area contributed by atoms with E-state index in [0.717, 1.165) is 17.0 Å². The van der Waals surface area contributed by atoms with Gasteiger partial charge in [0, 0.05) is 24.1 Å². The van der Waals surface area contributed by atoms with Gasteiger partial charge in [-0.15, -0.1) is 0 Å². The number of nitriles is 1. The molecule has 0 aliphatic heterocycles. The Labute approximate surface area is 124 Å². The summed E-state index contributed by atoms with van der Waals surface area (Å²) in [5.41, 5.74) is 3.31. The van der Waals surface area contributed by atoms with Gasteiger partial charge in [-0.3, -0.25) is 9.48 Å². The van der Waals surface area contributed by atoms with Gasteiger partial charge in [-0.05, 0) is 19.4 Å². The van der Waals surface area contributed by atoms with Crippen molar-refractivity contribution in [2.24, 2.45) is 0 Å². The molecule has 0 bridgehead atoms. The monoisotopic (exact) mass is 279 g/mol. The van der Waals surface area contributed by atoms with Gasteiger partial charge in [0.2, 0.25) is 0 Å². The Hall–Kier alpha value is -2.41. The standard InChI is InChI=1S/C17H17N3O/c1-12-16(17(11-18)8-15(21)9-17)13(2)20(19-12)10-14-6-4-3-5-7-14/h3-7H,8-10H2,1-2H3. The molecule has 0 radical (unpaired) electrons. The van der Waals surface area contributed by atoms with E-state index in [1.807, 2.05) is 36.7 Å². The predicted octanol–water partition coefficient (Wildman–Crippen LogP) is 2.67. The molecule has 106 valence electrons. The van der Waals surface area contributed by atoms with Crippen LogP contribution in [-0.2, 0) is 16.8 Å². The van der Waals surface area contributed by atoms with Crippen molar-refractivity contribution in [1.29, 1.82) is 5.26 Å². The molecule has 0 amide bonds. The fourth-order valence-corrected chi connectivity index (χ4v) is 3.23. The van der Waals surface area contributed by atoms with E-state index in [1.54, 1.807) is 0 Å². The highest BCUT2D eigenvalue weighted by Crippen LogP contribution is 2.43. The van der Waals surface area contributed by atoms with Crippen molar-refractivity contribution in [2.75, 3.05) is 0 Å². The highest BCUT2D eigenvalue weighted by atomic mass is 16.1. The molecule has 21 heavy (non-hydrogen) atoms. The van der Waals surface area contributed by atoms with Gasteiger partial charge >= 0.3 is 0 Å². The molecule has 1 saturated carbocycles. The van der Waals surface area contributed by atoms with Crippen LogP contribution in [0, 0.1) is 25.2 Å². The number of hydrogen-bond donors (Lipinski definition) is 0. The van der Waals surface area contributed by atoms with Gasteiger partial charge in [0.05, 0.1) is 23.7 Å². The first-order chi connectivity index (χ1) is 10.1. The number of aromatic nitrogens is 2. The normalized spacial score (nSPS) is 16.3. The topological polar surface area (TPSA) is 58.7 Å². The number of carbonyl (C=O) groups excluding carboxylic acids is 1. The van der Waals surface area contributed by atoms with Crippen LogP contribution in [-0.4, -0.2) is 15.6 Å². The molecule has 4 nitrogen and oxygen atoms in total. The fourth-order valence-electron chi connectivity index (χ4n) is 3.23. The number of aryl methyl sites for hydroxylation is 1. The third-order valence-electron chi connectivity index (χ3n) is 4.25. The molecule has 1 fully saturated rings. The highest BCUT2D eigenvalue weighted by molar-refractivity contribution is 5.90. The first-order valence-electron chi connectivity index (χ1n) is 7.07. The van der Waals surface area contributed by atoms with Gasteiger partial charge in [0.1, 0.15) is 5.78 Å². The maximum absolute atomic E-state index is 11.4. The van der Waals surface area contributed by atoms with Crippen LogP contribution in [0.1, 0.15) is 35.4 Å². The molecule has 1 aliphatic carbocycles. The zero-order valence-electron chi connectivity index (χ0n) is 12.3. The average molecular weight is 279 g/mol. The van der Waals surface area contributed by atoms with E-state index in [1.165, 1.54) is 5.56 Å². The van der Waals surface area contributed by atoms with Crippen molar-refractivity contribution in [1.82, 2.24) is 9.78 Å². The molecule has 2 aromatic rings. The Morgan fingerprint density at radius 1 is 1.29 bits per heavy atom. The van der Waals surface area contributed by atoms with Gasteiger partial charge in [0.25, 0.3) is 0 Å². The first-order valence-corrected chi connectivity index (χ1v) is 7.07. The second-order valence-corrected chi connectivity index (χ2v) is 5.78. The molecule has 4 heteroatoms. The van der Waals surface area contributed by atoms with Gasteiger partial charge in [-0.1, -0.05) is 30.3 Å². The summed E-state index contributed by atoms with van der Waals surface area (Å²) in [5, 5.41) is 14.1. The molecular weight excluding hydrogens is 262 g/mol. The Bertz CT molecular complexity index is 729. The summed E-state index contributed by atoms with van der Waals surface area (Å²) in [4.78, 5) is 11.4. The summed E-state index contributed by atoms with van der Waals surface area (Å²) in [6, 6.07) is 12.5. The highest BCUT2D eigenvalue weighted by Gasteiger charge is 2.48. The molecule has 0 atom stereocenters. The van der Waals surface area contributed by atoms with E-state index in [9.17, 15) is 10.1 Å². The summed E-state index contributed by atoms with van der Waals surface area (Å²) in [5.74, 6) is 0.158. The lowest BCUT2D eigenvalue weighted by Gasteiger charge is -2.34. The van der Waals surface area contributed by atoms with Crippen molar-refractivity contribution in [3.05, 3.63) is 52.8 Å². The second-order valence-electron chi connectivity index (χ2n) is 5.78. The lowest BCUT2D eigenvalue weighted by molar-refractivity contribution is -0.126. The van der Waals surface area contributed by atoms with Crippen molar-refractivity contribution in [2.45, 2.75) is 38.6 Å². The zero-order valence-corrected chi connectivity index (χ0v) is 12.3. The van der Waals surface area contributed by atoms with Gasteiger partial charge in [0.15, 0.2) is 0 Å². The molecule has 0 unspecified atom stereocenters. The largest absolute Gasteiger partial charge is 0.300 e. The molecule has 1 aliphatic rings. The third kappa shape index (κ3) is 2.15. The molecular formula is C17H17N3O. The van der Waals surface area contributed by atoms with E-state index in [2.05, 4.69) is 23.3 Å². The number of benzene rings is 1. The maximum atomic E-state index is 11.4. The van der Waals surface area contributed by atoms with Gasteiger partial charge in [-0.25, -0.2) is 0 Å².